The Balaban J connectivity index is 1.23. The normalized spacial score (nSPS) is 17.3. The second kappa shape index (κ2) is 6.99. The first-order valence-electron chi connectivity index (χ1n) is 9.27. The van der Waals surface area contributed by atoms with E-state index in [-0.39, 0.29) is 12.5 Å². The molecule has 5 rings (SSSR count). The van der Waals surface area contributed by atoms with Crippen LogP contribution in [0.3, 0.4) is 0 Å². The number of carbonyl (C=O) groups is 1. The standard InChI is InChI=1S/C19H20N6O2S/c1-12-21-14-8-13(2-3-16(14)28-12)10-24-4-6-25(7-5-24)19-20-9-15-18(23-19)27-11-17(26)22-15/h2-3,8-9H,4-7,10-11H2,1H3,(H,22,26). The Hall–Kier alpha value is -2.78. The van der Waals surface area contributed by atoms with Crippen LogP contribution < -0.4 is 15.0 Å². The lowest BCUT2D eigenvalue weighted by molar-refractivity contribution is -0.118. The van der Waals surface area contributed by atoms with Crippen molar-refractivity contribution in [1.82, 2.24) is 19.9 Å². The number of aryl methyl sites for hydroxylation is 1. The van der Waals surface area contributed by atoms with Gasteiger partial charge in [0.2, 0.25) is 11.8 Å². The van der Waals surface area contributed by atoms with Gasteiger partial charge >= 0.3 is 0 Å². The number of rotatable bonds is 3. The number of nitrogens with one attached hydrogen (secondary N) is 1. The molecule has 0 atom stereocenters. The van der Waals surface area contributed by atoms with Crippen molar-refractivity contribution in [3.8, 4) is 5.88 Å². The molecule has 4 heterocycles. The molecular formula is C19H20N6O2S. The van der Waals surface area contributed by atoms with E-state index in [2.05, 4.69) is 48.3 Å². The molecule has 8 nitrogen and oxygen atoms in total. The summed E-state index contributed by atoms with van der Waals surface area (Å²) >= 11 is 1.74. The Kier molecular flexibility index (Phi) is 4.33. The van der Waals surface area contributed by atoms with Gasteiger partial charge in [-0.1, -0.05) is 6.07 Å². The van der Waals surface area contributed by atoms with Gasteiger partial charge in [0.15, 0.2) is 6.61 Å². The summed E-state index contributed by atoms with van der Waals surface area (Å²) in [6.45, 7) is 6.54. The van der Waals surface area contributed by atoms with E-state index in [9.17, 15) is 4.79 Å². The SMILES string of the molecule is Cc1nc2cc(CN3CCN(c4ncc5c(n4)OCC(=O)N5)CC3)ccc2s1. The zero-order chi connectivity index (χ0) is 19.1. The van der Waals surface area contributed by atoms with Crippen LogP contribution in [0.4, 0.5) is 11.6 Å². The molecule has 0 unspecified atom stereocenters. The fourth-order valence-corrected chi connectivity index (χ4v) is 4.38. The Bertz CT molecular complexity index is 1040. The number of carbonyl (C=O) groups excluding carboxylic acids is 1. The van der Waals surface area contributed by atoms with E-state index in [1.165, 1.54) is 10.3 Å². The summed E-state index contributed by atoms with van der Waals surface area (Å²) in [6, 6.07) is 6.57. The summed E-state index contributed by atoms with van der Waals surface area (Å²) in [7, 11) is 0. The number of nitrogens with zero attached hydrogens (tertiary/aromatic N) is 5. The first-order valence-corrected chi connectivity index (χ1v) is 10.1. The van der Waals surface area contributed by atoms with Crippen molar-refractivity contribution in [2.24, 2.45) is 0 Å². The van der Waals surface area contributed by atoms with Crippen LogP contribution in [0.25, 0.3) is 10.2 Å². The predicted molar refractivity (Wildman–Crippen MR) is 108 cm³/mol. The van der Waals surface area contributed by atoms with E-state index in [0.717, 1.165) is 43.2 Å². The summed E-state index contributed by atoms with van der Waals surface area (Å²) in [5.74, 6) is 0.913. The van der Waals surface area contributed by atoms with Crippen molar-refractivity contribution in [2.45, 2.75) is 13.5 Å². The molecule has 1 fully saturated rings. The predicted octanol–water partition coefficient (Wildman–Crippen LogP) is 2.05. The largest absolute Gasteiger partial charge is 0.466 e. The molecule has 1 aromatic carbocycles. The van der Waals surface area contributed by atoms with Gasteiger partial charge in [-0.25, -0.2) is 9.97 Å². The van der Waals surface area contributed by atoms with E-state index in [1.54, 1.807) is 17.5 Å². The molecule has 3 aromatic rings. The second-order valence-corrected chi connectivity index (χ2v) is 8.26. The third-order valence-corrected chi connectivity index (χ3v) is 5.93. The number of benzene rings is 1. The van der Waals surface area contributed by atoms with Crippen LogP contribution in [0.5, 0.6) is 5.88 Å². The maximum atomic E-state index is 11.4. The molecule has 2 aliphatic rings. The Morgan fingerprint density at radius 1 is 1.21 bits per heavy atom. The number of piperazine rings is 1. The molecule has 2 aromatic heterocycles. The monoisotopic (exact) mass is 396 g/mol. The molecule has 0 aliphatic carbocycles. The van der Waals surface area contributed by atoms with Gasteiger partial charge in [-0.15, -0.1) is 11.3 Å². The molecular weight excluding hydrogens is 376 g/mol. The molecule has 1 saturated heterocycles. The lowest BCUT2D eigenvalue weighted by Crippen LogP contribution is -2.46. The average molecular weight is 396 g/mol. The van der Waals surface area contributed by atoms with E-state index < -0.39 is 0 Å². The summed E-state index contributed by atoms with van der Waals surface area (Å²) in [5.41, 5.74) is 2.92. The molecule has 2 aliphatic heterocycles. The topological polar surface area (TPSA) is 83.5 Å². The minimum absolute atomic E-state index is 0.0000855. The van der Waals surface area contributed by atoms with Gasteiger partial charge in [0, 0.05) is 32.7 Å². The Morgan fingerprint density at radius 3 is 2.93 bits per heavy atom. The van der Waals surface area contributed by atoms with Crippen LogP contribution in [-0.4, -0.2) is 58.5 Å². The van der Waals surface area contributed by atoms with Crippen LogP contribution >= 0.6 is 11.3 Å². The summed E-state index contributed by atoms with van der Waals surface area (Å²) in [5, 5.41) is 3.82. The number of fused-ring (bicyclic) bond motifs is 2. The van der Waals surface area contributed by atoms with Crippen molar-refractivity contribution in [3.05, 3.63) is 35.0 Å². The molecule has 1 amide bonds. The summed E-state index contributed by atoms with van der Waals surface area (Å²) in [4.78, 5) is 29.4. The van der Waals surface area contributed by atoms with Gasteiger partial charge in [0.1, 0.15) is 5.69 Å². The zero-order valence-corrected chi connectivity index (χ0v) is 16.3. The third kappa shape index (κ3) is 3.38. The smallest absolute Gasteiger partial charge is 0.262 e. The number of thiazole rings is 1. The zero-order valence-electron chi connectivity index (χ0n) is 15.5. The van der Waals surface area contributed by atoms with Gasteiger partial charge in [-0.05, 0) is 24.6 Å². The van der Waals surface area contributed by atoms with Gasteiger partial charge in [-0.3, -0.25) is 9.69 Å². The Morgan fingerprint density at radius 2 is 2.07 bits per heavy atom. The fraction of sp³-hybridized carbons (Fsp3) is 0.368. The van der Waals surface area contributed by atoms with Gasteiger partial charge < -0.3 is 15.0 Å². The highest BCUT2D eigenvalue weighted by molar-refractivity contribution is 7.18. The Labute approximate surface area is 166 Å². The highest BCUT2D eigenvalue weighted by Crippen LogP contribution is 2.27. The second-order valence-electron chi connectivity index (χ2n) is 7.02. The molecule has 144 valence electrons. The quantitative estimate of drug-likeness (QED) is 0.725. The summed E-state index contributed by atoms with van der Waals surface area (Å²) in [6.07, 6.45) is 1.62. The van der Waals surface area contributed by atoms with Gasteiger partial charge in [-0.2, -0.15) is 4.98 Å². The highest BCUT2D eigenvalue weighted by atomic mass is 32.1. The molecule has 0 spiro atoms. The number of hydrogen-bond acceptors (Lipinski definition) is 8. The van der Waals surface area contributed by atoms with Crippen LogP contribution in [0.2, 0.25) is 0 Å². The lowest BCUT2D eigenvalue weighted by Gasteiger charge is -2.35. The minimum Gasteiger partial charge on any atom is -0.466 e. The van der Waals surface area contributed by atoms with E-state index in [1.807, 2.05) is 6.92 Å². The third-order valence-electron chi connectivity index (χ3n) is 4.98. The van der Waals surface area contributed by atoms with Gasteiger partial charge in [0.25, 0.3) is 5.91 Å². The average Bonchev–Trinajstić information content (AvgIpc) is 3.07. The molecule has 9 heteroatoms. The summed E-state index contributed by atoms with van der Waals surface area (Å²) < 4.78 is 6.64. The minimum atomic E-state index is -0.177. The molecule has 0 bridgehead atoms. The number of amides is 1. The van der Waals surface area contributed by atoms with Crippen LogP contribution in [0.15, 0.2) is 24.4 Å². The fourth-order valence-electron chi connectivity index (χ4n) is 3.58. The lowest BCUT2D eigenvalue weighted by atomic mass is 10.2. The van der Waals surface area contributed by atoms with Crippen LogP contribution in [0, 0.1) is 6.92 Å². The molecule has 0 radical (unpaired) electrons. The number of anilines is 2. The molecule has 28 heavy (non-hydrogen) atoms. The van der Waals surface area contributed by atoms with Crippen molar-refractivity contribution in [2.75, 3.05) is 43.0 Å². The van der Waals surface area contributed by atoms with Crippen molar-refractivity contribution in [1.29, 1.82) is 0 Å². The van der Waals surface area contributed by atoms with Crippen molar-refractivity contribution < 1.29 is 9.53 Å². The maximum Gasteiger partial charge on any atom is 0.262 e. The van der Waals surface area contributed by atoms with Crippen LogP contribution in [0.1, 0.15) is 10.6 Å². The first kappa shape index (κ1) is 17.3. The van der Waals surface area contributed by atoms with Crippen molar-refractivity contribution in [3.63, 3.8) is 0 Å². The number of ether oxygens (including phenoxy) is 1. The van der Waals surface area contributed by atoms with E-state index >= 15 is 0 Å². The molecule has 0 saturated carbocycles. The van der Waals surface area contributed by atoms with Gasteiger partial charge in [0.05, 0.1) is 21.4 Å². The number of hydrogen-bond donors (Lipinski definition) is 1. The highest BCUT2D eigenvalue weighted by Gasteiger charge is 2.23. The van der Waals surface area contributed by atoms with Crippen LogP contribution in [-0.2, 0) is 11.3 Å². The van der Waals surface area contributed by atoms with Crippen molar-refractivity contribution >= 4 is 39.1 Å². The van der Waals surface area contributed by atoms with E-state index in [4.69, 9.17) is 4.74 Å². The first-order chi connectivity index (χ1) is 13.6. The maximum absolute atomic E-state index is 11.4. The van der Waals surface area contributed by atoms with E-state index in [0.29, 0.717) is 17.5 Å². The molecule has 1 N–H and O–H groups in total. The number of aromatic nitrogens is 3.